The Kier molecular flexibility index (Phi) is 5.64. The van der Waals surface area contributed by atoms with Gasteiger partial charge in [0, 0.05) is 12.1 Å². The number of hydrogen-bond donors (Lipinski definition) is 0. The molecule has 0 atom stereocenters. The molecular formula is C7H9BrClN. The van der Waals surface area contributed by atoms with Crippen LogP contribution in [0, 0.1) is 0 Å². The van der Waals surface area contributed by atoms with Gasteiger partial charge in [-0.15, -0.1) is 11.6 Å². The average molecular weight is 223 g/mol. The maximum atomic E-state index is 5.52. The van der Waals surface area contributed by atoms with Crippen LogP contribution in [0.15, 0.2) is 30.6 Å². The van der Waals surface area contributed by atoms with Gasteiger partial charge in [-0.3, -0.25) is 0 Å². The molecule has 0 unspecified atom stereocenters. The van der Waals surface area contributed by atoms with E-state index >= 15 is 0 Å². The van der Waals surface area contributed by atoms with E-state index in [4.69, 9.17) is 11.6 Å². The molecule has 3 heteroatoms. The van der Waals surface area contributed by atoms with Crippen molar-refractivity contribution in [3.63, 3.8) is 0 Å². The molecule has 0 saturated carbocycles. The van der Waals surface area contributed by atoms with Gasteiger partial charge in [0.05, 0.1) is 5.88 Å². The lowest BCUT2D eigenvalue weighted by Gasteiger charge is -1.87. The smallest absolute Gasteiger partial charge is 0.168 e. The quantitative estimate of drug-likeness (QED) is 0.411. The van der Waals surface area contributed by atoms with E-state index in [2.05, 4.69) is 0 Å². The first-order valence-corrected chi connectivity index (χ1v) is 3.47. The number of nitrogens with zero attached hydrogens (tertiary/aromatic N) is 1. The second-order valence-corrected chi connectivity index (χ2v) is 2.18. The molecule has 0 aliphatic heterocycles. The lowest BCUT2D eigenvalue weighted by Crippen LogP contribution is -3.00. The first kappa shape index (κ1) is 9.92. The monoisotopic (exact) mass is 221 g/mol. The molecule has 0 aromatic carbocycles. The minimum absolute atomic E-state index is 0. The molecule has 0 saturated heterocycles. The Hall–Kier alpha value is -0.0800. The molecule has 1 nitrogen and oxygen atoms in total. The van der Waals surface area contributed by atoms with E-state index < -0.39 is 0 Å². The SMILES string of the molecule is ClCC[n+]1ccccc1.[Br-]. The topological polar surface area (TPSA) is 3.88 Å². The van der Waals surface area contributed by atoms with E-state index in [-0.39, 0.29) is 17.0 Å². The molecule has 0 aliphatic carbocycles. The van der Waals surface area contributed by atoms with Gasteiger partial charge in [-0.25, -0.2) is 4.57 Å². The summed E-state index contributed by atoms with van der Waals surface area (Å²) < 4.78 is 2.05. The molecule has 0 bridgehead atoms. The Labute approximate surface area is 76.4 Å². The highest BCUT2D eigenvalue weighted by Crippen LogP contribution is 1.78. The fraction of sp³-hybridized carbons (Fsp3) is 0.286. The van der Waals surface area contributed by atoms with Gasteiger partial charge in [0.15, 0.2) is 18.9 Å². The van der Waals surface area contributed by atoms with Gasteiger partial charge in [0.2, 0.25) is 0 Å². The third-order valence-electron chi connectivity index (χ3n) is 1.12. The highest BCUT2D eigenvalue weighted by molar-refractivity contribution is 6.17. The first-order chi connectivity index (χ1) is 4.43. The van der Waals surface area contributed by atoms with Crippen LogP contribution >= 0.6 is 11.6 Å². The second-order valence-electron chi connectivity index (χ2n) is 1.80. The molecule has 0 amide bonds. The van der Waals surface area contributed by atoms with Crippen LogP contribution in [0.3, 0.4) is 0 Å². The fourth-order valence-electron chi connectivity index (χ4n) is 0.681. The molecule has 1 heterocycles. The first-order valence-electron chi connectivity index (χ1n) is 2.93. The molecule has 1 aromatic heterocycles. The predicted molar refractivity (Wildman–Crippen MR) is 37.4 cm³/mol. The van der Waals surface area contributed by atoms with E-state index in [1.807, 2.05) is 35.2 Å². The summed E-state index contributed by atoms with van der Waals surface area (Å²) in [6.45, 7) is 0.891. The predicted octanol–water partition coefficient (Wildman–Crippen LogP) is -1.78. The summed E-state index contributed by atoms with van der Waals surface area (Å²) in [6.07, 6.45) is 4.00. The van der Waals surface area contributed by atoms with Gasteiger partial charge >= 0.3 is 0 Å². The van der Waals surface area contributed by atoms with E-state index in [9.17, 15) is 0 Å². The van der Waals surface area contributed by atoms with Gasteiger partial charge in [-0.1, -0.05) is 6.07 Å². The van der Waals surface area contributed by atoms with Crippen LogP contribution < -0.4 is 21.5 Å². The zero-order chi connectivity index (χ0) is 6.53. The lowest BCUT2D eigenvalue weighted by molar-refractivity contribution is -0.692. The van der Waals surface area contributed by atoms with Crippen molar-refractivity contribution < 1.29 is 21.5 Å². The Morgan fingerprint density at radius 1 is 1.10 bits per heavy atom. The fourth-order valence-corrected chi connectivity index (χ4v) is 0.876. The molecule has 0 spiro atoms. The van der Waals surface area contributed by atoms with Crippen LogP contribution in [0.1, 0.15) is 0 Å². The molecular weight excluding hydrogens is 213 g/mol. The maximum Gasteiger partial charge on any atom is 0.168 e. The highest BCUT2D eigenvalue weighted by atomic mass is 79.9. The summed E-state index contributed by atoms with van der Waals surface area (Å²) in [5.41, 5.74) is 0. The zero-order valence-electron chi connectivity index (χ0n) is 5.50. The van der Waals surface area contributed by atoms with Crippen LogP contribution in [0.25, 0.3) is 0 Å². The molecule has 1 aromatic rings. The number of hydrogen-bond acceptors (Lipinski definition) is 0. The highest BCUT2D eigenvalue weighted by Gasteiger charge is 1.91. The summed E-state index contributed by atoms with van der Waals surface area (Å²) in [5, 5.41) is 0. The van der Waals surface area contributed by atoms with Crippen molar-refractivity contribution in [2.45, 2.75) is 6.54 Å². The number of halogens is 2. The third-order valence-corrected chi connectivity index (χ3v) is 1.29. The normalized spacial score (nSPS) is 8.50. The van der Waals surface area contributed by atoms with Gasteiger partial charge in [0.25, 0.3) is 0 Å². The minimum Gasteiger partial charge on any atom is -1.00 e. The van der Waals surface area contributed by atoms with Crippen LogP contribution in [0.5, 0.6) is 0 Å². The molecule has 10 heavy (non-hydrogen) atoms. The molecule has 0 fully saturated rings. The third kappa shape index (κ3) is 3.18. The molecule has 0 aliphatic rings. The lowest BCUT2D eigenvalue weighted by atomic mass is 10.5. The summed E-state index contributed by atoms with van der Waals surface area (Å²) in [6, 6.07) is 5.98. The van der Waals surface area contributed by atoms with Crippen molar-refractivity contribution in [3.05, 3.63) is 30.6 Å². The standard InChI is InChI=1S/C7H9ClN.BrH/c8-4-7-9-5-2-1-3-6-9;/h1-3,5-6H,4,7H2;1H/q+1;/p-1. The van der Waals surface area contributed by atoms with Crippen molar-refractivity contribution >= 4 is 11.6 Å². The maximum absolute atomic E-state index is 5.52. The van der Waals surface area contributed by atoms with Gasteiger partial charge in [-0.2, -0.15) is 0 Å². The number of rotatable bonds is 2. The minimum atomic E-state index is 0. The van der Waals surface area contributed by atoms with Crippen molar-refractivity contribution in [1.29, 1.82) is 0 Å². The van der Waals surface area contributed by atoms with Crippen LogP contribution in [0.4, 0.5) is 0 Å². The van der Waals surface area contributed by atoms with E-state index in [1.165, 1.54) is 0 Å². The van der Waals surface area contributed by atoms with E-state index in [0.29, 0.717) is 5.88 Å². The number of aryl methyl sites for hydroxylation is 1. The zero-order valence-corrected chi connectivity index (χ0v) is 7.85. The van der Waals surface area contributed by atoms with E-state index in [1.54, 1.807) is 0 Å². The molecule has 0 N–H and O–H groups in total. The van der Waals surface area contributed by atoms with E-state index in [0.717, 1.165) is 6.54 Å². The van der Waals surface area contributed by atoms with Crippen molar-refractivity contribution in [1.82, 2.24) is 0 Å². The van der Waals surface area contributed by atoms with Crippen molar-refractivity contribution in [2.24, 2.45) is 0 Å². The van der Waals surface area contributed by atoms with Crippen LogP contribution in [-0.2, 0) is 6.54 Å². The largest absolute Gasteiger partial charge is 1.00 e. The van der Waals surface area contributed by atoms with Gasteiger partial charge in [-0.05, 0) is 0 Å². The Morgan fingerprint density at radius 3 is 2.20 bits per heavy atom. The second kappa shape index (κ2) is 5.69. The average Bonchev–Trinajstić information content (AvgIpc) is 1.91. The van der Waals surface area contributed by atoms with Gasteiger partial charge in [0.1, 0.15) is 0 Å². The summed E-state index contributed by atoms with van der Waals surface area (Å²) in [4.78, 5) is 0. The number of aromatic nitrogens is 1. The Morgan fingerprint density at radius 2 is 1.70 bits per heavy atom. The van der Waals surface area contributed by atoms with Crippen molar-refractivity contribution in [2.75, 3.05) is 5.88 Å². The summed E-state index contributed by atoms with van der Waals surface area (Å²) >= 11 is 5.52. The summed E-state index contributed by atoms with van der Waals surface area (Å²) in [7, 11) is 0. The Balaban J connectivity index is 0.000000810. The Bertz CT molecular complexity index is 167. The number of pyridine rings is 1. The molecule has 56 valence electrons. The van der Waals surface area contributed by atoms with Crippen LogP contribution in [0.2, 0.25) is 0 Å². The van der Waals surface area contributed by atoms with Crippen molar-refractivity contribution in [3.8, 4) is 0 Å². The van der Waals surface area contributed by atoms with Gasteiger partial charge < -0.3 is 17.0 Å². The number of alkyl halides is 1. The summed E-state index contributed by atoms with van der Waals surface area (Å²) in [5.74, 6) is 0.675. The molecule has 1 rings (SSSR count). The molecule has 0 radical (unpaired) electrons. The van der Waals surface area contributed by atoms with Crippen LogP contribution in [-0.4, -0.2) is 5.88 Å².